The van der Waals surface area contributed by atoms with E-state index in [0.717, 1.165) is 39.1 Å². The first-order valence-corrected chi connectivity index (χ1v) is 9.32. The molecule has 4 rings (SSSR count). The monoisotopic (exact) mass is 373 g/mol. The van der Waals surface area contributed by atoms with E-state index in [9.17, 15) is 4.79 Å². The van der Waals surface area contributed by atoms with E-state index in [1.807, 2.05) is 41.3 Å². The van der Waals surface area contributed by atoms with Crippen LogP contribution >= 0.6 is 0 Å². The summed E-state index contributed by atoms with van der Waals surface area (Å²) in [6.45, 7) is 4.31. The van der Waals surface area contributed by atoms with Gasteiger partial charge in [-0.05, 0) is 40.6 Å². The summed E-state index contributed by atoms with van der Waals surface area (Å²) in [4.78, 5) is 14.8. The van der Waals surface area contributed by atoms with E-state index in [0.29, 0.717) is 13.0 Å². The van der Waals surface area contributed by atoms with Crippen molar-refractivity contribution in [2.45, 2.75) is 12.3 Å². The maximum atomic E-state index is 13.0. The van der Waals surface area contributed by atoms with Gasteiger partial charge in [0, 0.05) is 30.1 Å². The van der Waals surface area contributed by atoms with Crippen molar-refractivity contribution in [1.29, 1.82) is 0 Å². The van der Waals surface area contributed by atoms with Crippen molar-refractivity contribution in [3.63, 3.8) is 0 Å². The average Bonchev–Trinajstić information content (AvgIpc) is 2.74. The van der Waals surface area contributed by atoms with Crippen molar-refractivity contribution >= 4 is 22.4 Å². The summed E-state index contributed by atoms with van der Waals surface area (Å²) < 4.78 is 11.1. The van der Waals surface area contributed by atoms with Gasteiger partial charge in [0.25, 0.3) is 0 Å². The van der Waals surface area contributed by atoms with E-state index < -0.39 is 0 Å². The summed E-state index contributed by atoms with van der Waals surface area (Å²) in [5.74, 6) is 1.48. The molecule has 1 aliphatic heterocycles. The zero-order valence-corrected chi connectivity index (χ0v) is 16.1. The molecule has 0 N–H and O–H groups in total. The fraction of sp³-hybridized carbons (Fsp3) is 0.208. The minimum atomic E-state index is -0.111. The molecule has 1 amide bonds. The molecule has 3 aromatic rings. The maximum absolute atomic E-state index is 13.0. The van der Waals surface area contributed by atoms with Crippen LogP contribution in [0.25, 0.3) is 10.8 Å². The van der Waals surface area contributed by atoms with E-state index in [1.54, 1.807) is 20.3 Å². The van der Waals surface area contributed by atoms with Crippen molar-refractivity contribution < 1.29 is 14.3 Å². The van der Waals surface area contributed by atoms with Gasteiger partial charge in [-0.3, -0.25) is 4.79 Å². The molecule has 0 saturated heterocycles. The number of ether oxygens (including phenoxy) is 2. The van der Waals surface area contributed by atoms with Crippen molar-refractivity contribution in [2.75, 3.05) is 25.7 Å². The van der Waals surface area contributed by atoms with E-state index >= 15 is 0 Å². The quantitative estimate of drug-likeness (QED) is 0.597. The highest BCUT2D eigenvalue weighted by molar-refractivity contribution is 6.03. The molecule has 4 heteroatoms. The topological polar surface area (TPSA) is 38.8 Å². The van der Waals surface area contributed by atoms with E-state index in [4.69, 9.17) is 9.47 Å². The summed E-state index contributed by atoms with van der Waals surface area (Å²) in [6, 6.07) is 18.2. The fourth-order valence-corrected chi connectivity index (χ4v) is 4.11. The smallest absolute Gasteiger partial charge is 0.228 e. The van der Waals surface area contributed by atoms with Crippen molar-refractivity contribution in [2.24, 2.45) is 0 Å². The Morgan fingerprint density at radius 2 is 1.93 bits per heavy atom. The van der Waals surface area contributed by atoms with E-state index in [1.165, 1.54) is 0 Å². The molecule has 1 aliphatic rings. The van der Waals surface area contributed by atoms with Crippen LogP contribution < -0.4 is 14.4 Å². The molecule has 0 saturated carbocycles. The molecule has 0 aromatic heterocycles. The lowest BCUT2D eigenvalue weighted by Crippen LogP contribution is -2.37. The van der Waals surface area contributed by atoms with Gasteiger partial charge in [0.1, 0.15) is 11.5 Å². The number of hydrogen-bond acceptors (Lipinski definition) is 3. The number of methoxy groups -OCH3 is 2. The number of carbonyl (C=O) groups is 1. The van der Waals surface area contributed by atoms with Crippen LogP contribution in [0.15, 0.2) is 67.3 Å². The number of amides is 1. The van der Waals surface area contributed by atoms with Gasteiger partial charge in [-0.25, -0.2) is 0 Å². The number of carbonyl (C=O) groups excluding carboxylic acids is 1. The van der Waals surface area contributed by atoms with Gasteiger partial charge < -0.3 is 14.4 Å². The standard InChI is InChI=1S/C24H23NO3/c1-4-13-25-21-11-9-16-7-5-6-8-18(16)24(21)20(15-23(25)26)19-14-17(27-2)10-12-22(19)28-3/h4-12,14,20H,1,13,15H2,2-3H3. The molecule has 0 fully saturated rings. The van der Waals surface area contributed by atoms with Gasteiger partial charge >= 0.3 is 0 Å². The van der Waals surface area contributed by atoms with Gasteiger partial charge in [0.2, 0.25) is 5.91 Å². The third kappa shape index (κ3) is 2.91. The first kappa shape index (κ1) is 18.1. The maximum Gasteiger partial charge on any atom is 0.228 e. The van der Waals surface area contributed by atoms with Crippen LogP contribution in [0.5, 0.6) is 11.5 Å². The van der Waals surface area contributed by atoms with Crippen LogP contribution in [0.1, 0.15) is 23.5 Å². The van der Waals surface area contributed by atoms with Crippen LogP contribution in [-0.2, 0) is 4.79 Å². The molecule has 1 atom stereocenters. The Hall–Kier alpha value is -3.27. The molecule has 142 valence electrons. The zero-order valence-electron chi connectivity index (χ0n) is 16.1. The van der Waals surface area contributed by atoms with E-state index in [-0.39, 0.29) is 11.8 Å². The highest BCUT2D eigenvalue weighted by Crippen LogP contribution is 2.46. The number of nitrogens with zero attached hydrogens (tertiary/aromatic N) is 1. The Kier molecular flexibility index (Phi) is 4.78. The minimum absolute atomic E-state index is 0.0811. The van der Waals surface area contributed by atoms with Gasteiger partial charge in [0.05, 0.1) is 14.2 Å². The van der Waals surface area contributed by atoms with Crippen molar-refractivity contribution in [3.8, 4) is 11.5 Å². The average molecular weight is 373 g/mol. The Morgan fingerprint density at radius 1 is 1.11 bits per heavy atom. The van der Waals surface area contributed by atoms with Gasteiger partial charge in [-0.1, -0.05) is 36.4 Å². The second-order valence-corrected chi connectivity index (χ2v) is 6.88. The summed E-state index contributed by atoms with van der Waals surface area (Å²) >= 11 is 0. The highest BCUT2D eigenvalue weighted by atomic mass is 16.5. The van der Waals surface area contributed by atoms with Crippen LogP contribution in [0.4, 0.5) is 5.69 Å². The van der Waals surface area contributed by atoms with Gasteiger partial charge in [0.15, 0.2) is 0 Å². The van der Waals surface area contributed by atoms with Crippen LogP contribution in [-0.4, -0.2) is 26.7 Å². The SMILES string of the molecule is C=CCN1C(=O)CC(c2cc(OC)ccc2OC)c2c1ccc1ccccc21. The third-order valence-electron chi connectivity index (χ3n) is 5.39. The lowest BCUT2D eigenvalue weighted by atomic mass is 9.80. The second kappa shape index (κ2) is 7.39. The van der Waals surface area contributed by atoms with Crippen LogP contribution in [0.2, 0.25) is 0 Å². The number of rotatable bonds is 5. The Morgan fingerprint density at radius 3 is 2.68 bits per heavy atom. The normalized spacial score (nSPS) is 16.0. The molecular weight excluding hydrogens is 350 g/mol. The zero-order chi connectivity index (χ0) is 19.7. The molecule has 1 unspecified atom stereocenters. The lowest BCUT2D eigenvalue weighted by Gasteiger charge is -2.35. The largest absolute Gasteiger partial charge is 0.497 e. The molecular formula is C24H23NO3. The number of anilines is 1. The first-order chi connectivity index (χ1) is 13.7. The predicted octanol–water partition coefficient (Wildman–Crippen LogP) is 4.91. The Bertz CT molecular complexity index is 1060. The molecule has 0 bridgehead atoms. The Labute approximate surface area is 165 Å². The van der Waals surface area contributed by atoms with Crippen LogP contribution in [0.3, 0.4) is 0 Å². The predicted molar refractivity (Wildman–Crippen MR) is 113 cm³/mol. The van der Waals surface area contributed by atoms with Gasteiger partial charge in [-0.2, -0.15) is 0 Å². The molecule has 1 heterocycles. The van der Waals surface area contributed by atoms with Gasteiger partial charge in [-0.15, -0.1) is 6.58 Å². The lowest BCUT2D eigenvalue weighted by molar-refractivity contribution is -0.119. The third-order valence-corrected chi connectivity index (χ3v) is 5.39. The van der Waals surface area contributed by atoms with Crippen molar-refractivity contribution in [1.82, 2.24) is 0 Å². The fourth-order valence-electron chi connectivity index (χ4n) is 4.11. The molecule has 4 nitrogen and oxygen atoms in total. The number of benzene rings is 3. The molecule has 28 heavy (non-hydrogen) atoms. The molecule has 0 spiro atoms. The number of hydrogen-bond donors (Lipinski definition) is 0. The first-order valence-electron chi connectivity index (χ1n) is 9.32. The summed E-state index contributed by atoms with van der Waals surface area (Å²) in [6.07, 6.45) is 2.14. The summed E-state index contributed by atoms with van der Waals surface area (Å²) in [7, 11) is 3.30. The second-order valence-electron chi connectivity index (χ2n) is 6.88. The summed E-state index contributed by atoms with van der Waals surface area (Å²) in [5.41, 5.74) is 3.04. The highest BCUT2D eigenvalue weighted by Gasteiger charge is 2.34. The summed E-state index contributed by atoms with van der Waals surface area (Å²) in [5, 5.41) is 2.30. The minimum Gasteiger partial charge on any atom is -0.497 e. The molecule has 3 aromatic carbocycles. The molecule has 0 aliphatic carbocycles. The number of fused-ring (bicyclic) bond motifs is 3. The van der Waals surface area contributed by atoms with Crippen molar-refractivity contribution in [3.05, 3.63) is 78.4 Å². The Balaban J connectivity index is 2.01. The molecule has 0 radical (unpaired) electrons. The van der Waals surface area contributed by atoms with Crippen LogP contribution in [0, 0.1) is 0 Å². The van der Waals surface area contributed by atoms with E-state index in [2.05, 4.69) is 24.8 Å².